The molecule has 294 valence electrons. The molecule has 4 aromatic carbocycles. The van der Waals surface area contributed by atoms with Gasteiger partial charge in [-0.1, -0.05) is 29.8 Å². The molecular weight excluding hydrogens is 800 g/mol. The van der Waals surface area contributed by atoms with Crippen molar-refractivity contribution < 1.29 is 55.7 Å². The Labute approximate surface area is 330 Å². The van der Waals surface area contributed by atoms with E-state index in [0.717, 1.165) is 16.7 Å². The maximum atomic E-state index is 15.4. The molecule has 4 aliphatic rings. The van der Waals surface area contributed by atoms with Crippen LogP contribution in [0.5, 0.6) is 17.2 Å². The first-order valence-electron chi connectivity index (χ1n) is 17.3. The van der Waals surface area contributed by atoms with Crippen LogP contribution in [0.2, 0.25) is 0 Å². The number of benzene rings is 4. The maximum absolute atomic E-state index is 15.4. The fourth-order valence-corrected chi connectivity index (χ4v) is 9.60. The quantitative estimate of drug-likeness (QED) is 0.0487. The summed E-state index contributed by atoms with van der Waals surface area (Å²) >= 11 is 14.4. The third kappa shape index (κ3) is 5.27. The van der Waals surface area contributed by atoms with Crippen LogP contribution in [-0.2, 0) is 19.2 Å². The number of alkyl halides is 2. The highest BCUT2D eigenvalue weighted by Gasteiger charge is 2.77. The Morgan fingerprint density at radius 3 is 1.98 bits per heavy atom. The largest absolute Gasteiger partial charge is 0.507 e. The van der Waals surface area contributed by atoms with E-state index in [4.69, 9.17) is 32.7 Å². The van der Waals surface area contributed by atoms with Crippen LogP contribution in [0.4, 0.5) is 44.7 Å². The summed E-state index contributed by atoms with van der Waals surface area (Å²) in [5.74, 6) is -23.1. The summed E-state index contributed by atoms with van der Waals surface area (Å²) in [5.41, 5.74) is -0.398. The normalized spacial score (nSPS) is 26.6. The number of hydrogen-bond acceptors (Lipinski definition) is 8. The highest BCUT2D eigenvalue weighted by atomic mass is 35.5. The first-order valence-corrected chi connectivity index (χ1v) is 18.1. The molecule has 6 atom stereocenters. The molecule has 8 rings (SSSR count). The van der Waals surface area contributed by atoms with Crippen molar-refractivity contribution >= 4 is 69.6 Å². The van der Waals surface area contributed by atoms with Gasteiger partial charge < -0.3 is 19.9 Å². The number of fused-ring (bicyclic) bond motifs is 4. The number of anilines is 4. The Morgan fingerprint density at radius 2 is 1.37 bits per heavy atom. The SMILES string of the molecule is COc1cc(O)c(C2C3=CCC4C(=O)N(c5ccc(Nc6ccccc6)cc5)C(=O)C4C3CC3(Cl)C(=O)N(c4c(F)c(F)c(F)c(F)c4F)C(=O)C23Cl)c(OC)c1. The predicted octanol–water partition coefficient (Wildman–Crippen LogP) is 7.62. The van der Waals surface area contributed by atoms with Crippen molar-refractivity contribution in [2.45, 2.75) is 28.5 Å². The van der Waals surface area contributed by atoms with Crippen LogP contribution in [-0.4, -0.2) is 52.7 Å². The number of methoxy groups -OCH3 is 2. The number of hydrogen-bond donors (Lipinski definition) is 2. The lowest BCUT2D eigenvalue weighted by atomic mass is 9.56. The van der Waals surface area contributed by atoms with Gasteiger partial charge in [0.05, 0.1) is 31.7 Å². The smallest absolute Gasteiger partial charge is 0.258 e. The molecule has 3 fully saturated rings. The fraction of sp³-hybridized carbons (Fsp3) is 0.250. The van der Waals surface area contributed by atoms with Crippen LogP contribution < -0.4 is 24.6 Å². The summed E-state index contributed by atoms with van der Waals surface area (Å²) < 4.78 is 84.9. The third-order valence-corrected chi connectivity index (χ3v) is 12.7. The Hall–Kier alpha value is -5.67. The van der Waals surface area contributed by atoms with Gasteiger partial charge in [-0.3, -0.25) is 24.1 Å². The molecule has 1 saturated carbocycles. The summed E-state index contributed by atoms with van der Waals surface area (Å²) in [6.07, 6.45) is 0.692. The van der Waals surface area contributed by atoms with Gasteiger partial charge in [-0.05, 0) is 55.2 Å². The zero-order valence-electron chi connectivity index (χ0n) is 29.6. The number of ether oxygens (including phenoxy) is 2. The number of carbonyl (C=O) groups excluding carboxylic acids is 4. The van der Waals surface area contributed by atoms with Gasteiger partial charge >= 0.3 is 0 Å². The lowest BCUT2D eigenvalue weighted by Crippen LogP contribution is -2.60. The zero-order chi connectivity index (χ0) is 40.9. The molecular formula is C40H28Cl2F5N3O7. The van der Waals surface area contributed by atoms with E-state index < -0.39 is 104 Å². The van der Waals surface area contributed by atoms with E-state index in [1.807, 2.05) is 30.3 Å². The van der Waals surface area contributed by atoms with Gasteiger partial charge in [0.1, 0.15) is 22.9 Å². The van der Waals surface area contributed by atoms with Crippen molar-refractivity contribution in [2.24, 2.45) is 17.8 Å². The number of imide groups is 2. The molecule has 0 radical (unpaired) electrons. The number of halogens is 7. The van der Waals surface area contributed by atoms with Gasteiger partial charge in [0.15, 0.2) is 33.0 Å². The van der Waals surface area contributed by atoms with Gasteiger partial charge in [0.25, 0.3) is 11.8 Å². The van der Waals surface area contributed by atoms with Gasteiger partial charge in [-0.15, -0.1) is 23.2 Å². The van der Waals surface area contributed by atoms with Gasteiger partial charge in [0, 0.05) is 35.0 Å². The highest BCUT2D eigenvalue weighted by molar-refractivity contribution is 6.58. The van der Waals surface area contributed by atoms with Crippen molar-refractivity contribution in [1.29, 1.82) is 0 Å². The van der Waals surface area contributed by atoms with Crippen molar-refractivity contribution in [1.82, 2.24) is 0 Å². The summed E-state index contributed by atoms with van der Waals surface area (Å²) in [4.78, 5) is 52.7. The first kappa shape index (κ1) is 38.2. The minimum Gasteiger partial charge on any atom is -0.507 e. The number of carbonyl (C=O) groups is 4. The summed E-state index contributed by atoms with van der Waals surface area (Å²) in [6.45, 7) is 0. The highest BCUT2D eigenvalue weighted by Crippen LogP contribution is 2.67. The predicted molar refractivity (Wildman–Crippen MR) is 196 cm³/mol. The van der Waals surface area contributed by atoms with Crippen LogP contribution in [0.15, 0.2) is 78.4 Å². The second-order valence-corrected chi connectivity index (χ2v) is 15.2. The van der Waals surface area contributed by atoms with E-state index in [1.54, 1.807) is 24.3 Å². The molecule has 2 N–H and O–H groups in total. The Kier molecular flexibility index (Phi) is 9.04. The first-order chi connectivity index (χ1) is 27.1. The van der Waals surface area contributed by atoms with Crippen LogP contribution in [0.3, 0.4) is 0 Å². The van der Waals surface area contributed by atoms with Crippen molar-refractivity contribution in [2.75, 3.05) is 29.3 Å². The number of phenols is 1. The van der Waals surface area contributed by atoms with E-state index in [9.17, 15) is 37.5 Å². The van der Waals surface area contributed by atoms with Crippen LogP contribution >= 0.6 is 23.2 Å². The molecule has 10 nitrogen and oxygen atoms in total. The molecule has 2 saturated heterocycles. The number of nitrogens with zero attached hydrogens (tertiary/aromatic N) is 2. The third-order valence-electron chi connectivity index (χ3n) is 11.2. The maximum Gasteiger partial charge on any atom is 0.258 e. The molecule has 2 aliphatic heterocycles. The van der Waals surface area contributed by atoms with E-state index in [0.29, 0.717) is 5.69 Å². The number of nitrogens with one attached hydrogen (secondary N) is 1. The second-order valence-electron chi connectivity index (χ2n) is 14.0. The van der Waals surface area contributed by atoms with E-state index in [-0.39, 0.29) is 39.6 Å². The van der Waals surface area contributed by atoms with Crippen molar-refractivity contribution in [3.63, 3.8) is 0 Å². The van der Waals surface area contributed by atoms with Crippen LogP contribution in [0.25, 0.3) is 0 Å². The number of aromatic hydroxyl groups is 1. The number of amides is 4. The minimum absolute atomic E-state index is 0.0629. The molecule has 2 aliphatic carbocycles. The number of allylic oxidation sites excluding steroid dienone is 2. The molecule has 0 spiro atoms. The molecule has 0 aromatic heterocycles. The number of para-hydroxylation sites is 1. The van der Waals surface area contributed by atoms with Gasteiger partial charge in [0.2, 0.25) is 17.6 Å². The number of rotatable bonds is 7. The molecule has 4 amide bonds. The second kappa shape index (κ2) is 13.5. The molecule has 6 unspecified atom stereocenters. The lowest BCUT2D eigenvalue weighted by molar-refractivity contribution is -0.125. The minimum atomic E-state index is -2.87. The average molecular weight is 829 g/mol. The zero-order valence-corrected chi connectivity index (χ0v) is 31.1. The Morgan fingerprint density at radius 1 is 0.754 bits per heavy atom. The van der Waals surface area contributed by atoms with Crippen molar-refractivity contribution in [3.05, 3.63) is 113 Å². The number of phenolic OH excluding ortho intramolecular Hbond substituents is 1. The summed E-state index contributed by atoms with van der Waals surface area (Å²) in [6, 6.07) is 18.1. The molecule has 17 heteroatoms. The van der Waals surface area contributed by atoms with E-state index in [1.165, 1.54) is 26.4 Å². The lowest BCUT2D eigenvalue weighted by Gasteiger charge is -2.50. The summed E-state index contributed by atoms with van der Waals surface area (Å²) in [7, 11) is 2.47. The van der Waals surface area contributed by atoms with Gasteiger partial charge in [-0.25, -0.2) is 26.9 Å². The molecule has 4 aromatic rings. The molecule has 0 bridgehead atoms. The summed E-state index contributed by atoms with van der Waals surface area (Å²) in [5, 5.41) is 14.7. The molecule has 57 heavy (non-hydrogen) atoms. The Balaban J connectivity index is 1.27. The van der Waals surface area contributed by atoms with Gasteiger partial charge in [-0.2, -0.15) is 0 Å². The monoisotopic (exact) mass is 827 g/mol. The van der Waals surface area contributed by atoms with Crippen LogP contribution in [0, 0.1) is 46.8 Å². The Bertz CT molecular complexity index is 2430. The van der Waals surface area contributed by atoms with Crippen LogP contribution in [0.1, 0.15) is 24.3 Å². The standard InChI is InChI=1S/C40H28Cl2F5N3O7/c1-56-20-14-24(51)27(25(15-20)57-2)28-21-12-13-22-26(36(53)49(35(22)52)19-10-8-18(9-11-19)48-17-6-4-3-5-7-17)23(21)16-39(41)37(54)50(38(55)40(28,39)42)34-32(46)30(44)29(43)31(45)33(34)47/h3-12,14-15,22-23,26,28,48,51H,13,16H2,1-2H3. The molecule has 2 heterocycles. The fourth-order valence-electron chi connectivity index (χ4n) is 8.68. The topological polar surface area (TPSA) is 125 Å². The average Bonchev–Trinajstić information content (AvgIpc) is 3.54. The van der Waals surface area contributed by atoms with E-state index in [2.05, 4.69) is 5.32 Å². The van der Waals surface area contributed by atoms with E-state index >= 15 is 8.78 Å². The van der Waals surface area contributed by atoms with Crippen molar-refractivity contribution in [3.8, 4) is 17.2 Å².